The van der Waals surface area contributed by atoms with E-state index >= 15 is 0 Å². The van der Waals surface area contributed by atoms with Gasteiger partial charge in [-0.1, -0.05) is 58.0 Å². The molecule has 2 amide bonds. The average Bonchev–Trinajstić information content (AvgIpc) is 2.73. The van der Waals surface area contributed by atoms with Crippen LogP contribution in [0, 0.1) is 11.3 Å². The standard InChI is InChI=1S/C21H15BrF3N3O2S/c22-13-6-7-17(16(8-13)21(23,24)25)27-19(30)11-31-20-15(10-26)14(9-18(29)28-20)12-4-2-1-3-5-12/h1-8,14H,9,11H2,(H,27,30)(H,28,29)/t14-/m0/s1. The number of rotatable bonds is 5. The number of anilines is 1. The second kappa shape index (κ2) is 9.58. The van der Waals surface area contributed by atoms with E-state index < -0.39 is 23.6 Å². The Bertz CT molecular complexity index is 1080. The van der Waals surface area contributed by atoms with Crippen molar-refractivity contribution in [3.63, 3.8) is 0 Å². The normalized spacial score (nSPS) is 16.5. The van der Waals surface area contributed by atoms with Gasteiger partial charge in [-0.2, -0.15) is 18.4 Å². The maximum Gasteiger partial charge on any atom is 0.418 e. The number of thioether (sulfide) groups is 1. The van der Waals surface area contributed by atoms with Crippen LogP contribution in [0.2, 0.25) is 0 Å². The molecule has 3 rings (SSSR count). The molecule has 0 saturated carbocycles. The van der Waals surface area contributed by atoms with Gasteiger partial charge in [-0.15, -0.1) is 0 Å². The summed E-state index contributed by atoms with van der Waals surface area (Å²) in [5.41, 5.74) is -0.248. The highest BCUT2D eigenvalue weighted by atomic mass is 79.9. The van der Waals surface area contributed by atoms with E-state index in [9.17, 15) is 28.0 Å². The molecule has 2 N–H and O–H groups in total. The molecular formula is C21H15BrF3N3O2S. The van der Waals surface area contributed by atoms with Crippen molar-refractivity contribution < 1.29 is 22.8 Å². The molecule has 1 aliphatic heterocycles. The van der Waals surface area contributed by atoms with Crippen LogP contribution in [-0.4, -0.2) is 17.6 Å². The van der Waals surface area contributed by atoms with E-state index in [2.05, 4.69) is 32.6 Å². The topological polar surface area (TPSA) is 82.0 Å². The Kier molecular flexibility index (Phi) is 7.08. The van der Waals surface area contributed by atoms with E-state index in [1.54, 1.807) is 12.1 Å². The molecule has 31 heavy (non-hydrogen) atoms. The zero-order chi connectivity index (χ0) is 22.6. The molecule has 10 heteroatoms. The van der Waals surface area contributed by atoms with Crippen LogP contribution in [0.3, 0.4) is 0 Å². The smallest absolute Gasteiger partial charge is 0.325 e. The van der Waals surface area contributed by atoms with Crippen molar-refractivity contribution in [3.05, 3.63) is 74.7 Å². The first-order valence-corrected chi connectivity index (χ1v) is 10.8. The van der Waals surface area contributed by atoms with Crippen molar-refractivity contribution >= 4 is 45.2 Å². The number of halogens is 4. The molecular weight excluding hydrogens is 495 g/mol. The molecule has 1 atom stereocenters. The number of nitrogens with zero attached hydrogens (tertiary/aromatic N) is 1. The first kappa shape index (κ1) is 22.9. The van der Waals surface area contributed by atoms with Crippen molar-refractivity contribution in [1.29, 1.82) is 5.26 Å². The fourth-order valence-electron chi connectivity index (χ4n) is 3.09. The first-order chi connectivity index (χ1) is 14.7. The van der Waals surface area contributed by atoms with E-state index in [1.165, 1.54) is 6.07 Å². The zero-order valence-electron chi connectivity index (χ0n) is 15.8. The van der Waals surface area contributed by atoms with E-state index in [0.29, 0.717) is 5.57 Å². The van der Waals surface area contributed by atoms with Crippen LogP contribution in [0.15, 0.2) is 63.6 Å². The van der Waals surface area contributed by atoms with Crippen LogP contribution in [0.4, 0.5) is 18.9 Å². The average molecular weight is 510 g/mol. The van der Waals surface area contributed by atoms with Crippen LogP contribution in [-0.2, 0) is 15.8 Å². The fourth-order valence-corrected chi connectivity index (χ4v) is 4.33. The summed E-state index contributed by atoms with van der Waals surface area (Å²) in [7, 11) is 0. The lowest BCUT2D eigenvalue weighted by molar-refractivity contribution is -0.137. The number of hydrogen-bond acceptors (Lipinski definition) is 4. The van der Waals surface area contributed by atoms with Gasteiger partial charge in [0.1, 0.15) is 0 Å². The molecule has 0 radical (unpaired) electrons. The number of allylic oxidation sites excluding steroid dienone is 1. The molecule has 0 spiro atoms. The second-order valence-corrected chi connectivity index (χ2v) is 8.50. The summed E-state index contributed by atoms with van der Waals surface area (Å²) < 4.78 is 39.9. The maximum atomic E-state index is 13.2. The molecule has 0 aliphatic carbocycles. The molecule has 0 unspecified atom stereocenters. The summed E-state index contributed by atoms with van der Waals surface area (Å²) >= 11 is 3.89. The van der Waals surface area contributed by atoms with Gasteiger partial charge in [0.05, 0.1) is 33.7 Å². The third kappa shape index (κ3) is 5.68. The number of nitrogens with one attached hydrogen (secondary N) is 2. The summed E-state index contributed by atoms with van der Waals surface area (Å²) in [6.07, 6.45) is -4.55. The van der Waals surface area contributed by atoms with Gasteiger partial charge < -0.3 is 10.6 Å². The number of amides is 2. The predicted octanol–water partition coefficient (Wildman–Crippen LogP) is 5.18. The second-order valence-electron chi connectivity index (χ2n) is 6.59. The minimum absolute atomic E-state index is 0.0942. The molecule has 1 aliphatic rings. The van der Waals surface area contributed by atoms with Crippen molar-refractivity contribution in [1.82, 2.24) is 5.32 Å². The highest BCUT2D eigenvalue weighted by Gasteiger charge is 2.34. The highest BCUT2D eigenvalue weighted by Crippen LogP contribution is 2.38. The van der Waals surface area contributed by atoms with E-state index in [1.807, 2.05) is 18.2 Å². The molecule has 0 saturated heterocycles. The summed E-state index contributed by atoms with van der Waals surface area (Å²) in [5.74, 6) is -1.73. The Balaban J connectivity index is 1.77. The molecule has 160 valence electrons. The lowest BCUT2D eigenvalue weighted by Crippen LogP contribution is -2.31. The number of hydrogen-bond donors (Lipinski definition) is 2. The fraction of sp³-hybridized carbons (Fsp3) is 0.190. The molecule has 0 aromatic heterocycles. The Labute approximate surface area is 188 Å². The third-order valence-corrected chi connectivity index (χ3v) is 5.98. The molecule has 0 fully saturated rings. The van der Waals surface area contributed by atoms with Crippen LogP contribution < -0.4 is 10.6 Å². The van der Waals surface area contributed by atoms with Crippen molar-refractivity contribution in [3.8, 4) is 6.07 Å². The van der Waals surface area contributed by atoms with Gasteiger partial charge in [0.15, 0.2) is 0 Å². The Morgan fingerprint density at radius 2 is 1.97 bits per heavy atom. The Hall–Kier alpha value is -2.77. The number of benzene rings is 2. The van der Waals surface area contributed by atoms with Gasteiger partial charge in [0.25, 0.3) is 0 Å². The van der Waals surface area contributed by atoms with Crippen LogP contribution in [0.25, 0.3) is 0 Å². The quantitative estimate of drug-likeness (QED) is 0.581. The van der Waals surface area contributed by atoms with Crippen molar-refractivity contribution in [2.75, 3.05) is 11.1 Å². The number of carbonyl (C=O) groups is 2. The first-order valence-electron chi connectivity index (χ1n) is 8.97. The van der Waals surface area contributed by atoms with E-state index in [4.69, 9.17) is 0 Å². The molecule has 2 aromatic carbocycles. The van der Waals surface area contributed by atoms with Gasteiger partial charge in [0.2, 0.25) is 11.8 Å². The van der Waals surface area contributed by atoms with Crippen molar-refractivity contribution in [2.45, 2.75) is 18.5 Å². The van der Waals surface area contributed by atoms with Gasteiger partial charge in [-0.25, -0.2) is 0 Å². The number of carbonyl (C=O) groups excluding carboxylic acids is 2. The monoisotopic (exact) mass is 509 g/mol. The largest absolute Gasteiger partial charge is 0.418 e. The summed E-state index contributed by atoms with van der Waals surface area (Å²) in [6.45, 7) is 0. The van der Waals surface area contributed by atoms with E-state index in [0.717, 1.165) is 29.5 Å². The predicted molar refractivity (Wildman–Crippen MR) is 115 cm³/mol. The number of nitriles is 1. The van der Waals surface area contributed by atoms with Gasteiger partial charge in [-0.3, -0.25) is 9.59 Å². The van der Waals surface area contributed by atoms with Gasteiger partial charge >= 0.3 is 6.18 Å². The van der Waals surface area contributed by atoms with Crippen LogP contribution >= 0.6 is 27.7 Å². The minimum Gasteiger partial charge on any atom is -0.325 e. The minimum atomic E-state index is -4.64. The number of alkyl halides is 3. The maximum absolute atomic E-state index is 13.2. The Morgan fingerprint density at radius 3 is 2.61 bits per heavy atom. The molecule has 2 aromatic rings. The molecule has 1 heterocycles. The third-order valence-electron chi connectivity index (χ3n) is 4.47. The van der Waals surface area contributed by atoms with Gasteiger partial charge in [-0.05, 0) is 23.8 Å². The van der Waals surface area contributed by atoms with Crippen LogP contribution in [0.5, 0.6) is 0 Å². The van der Waals surface area contributed by atoms with Crippen molar-refractivity contribution in [2.24, 2.45) is 0 Å². The van der Waals surface area contributed by atoms with Gasteiger partial charge in [0, 0.05) is 16.8 Å². The SMILES string of the molecule is N#CC1=C(SCC(=O)Nc2ccc(Br)cc2C(F)(F)F)NC(=O)C[C@H]1c1ccccc1. The van der Waals surface area contributed by atoms with E-state index in [-0.39, 0.29) is 33.3 Å². The summed E-state index contributed by atoms with van der Waals surface area (Å²) in [6, 6.07) is 14.5. The highest BCUT2D eigenvalue weighted by molar-refractivity contribution is 9.10. The lowest BCUT2D eigenvalue weighted by Gasteiger charge is -2.25. The van der Waals surface area contributed by atoms with Crippen LogP contribution in [0.1, 0.15) is 23.5 Å². The molecule has 0 bridgehead atoms. The summed E-state index contributed by atoms with van der Waals surface area (Å²) in [4.78, 5) is 24.5. The summed E-state index contributed by atoms with van der Waals surface area (Å²) in [5, 5.41) is 14.7. The molecule has 5 nitrogen and oxygen atoms in total. The Morgan fingerprint density at radius 1 is 1.26 bits per heavy atom. The lowest BCUT2D eigenvalue weighted by atomic mass is 9.87. The zero-order valence-corrected chi connectivity index (χ0v) is 18.2.